The van der Waals surface area contributed by atoms with E-state index >= 15 is 0 Å². The SMILES string of the molecule is CCC(C)(C)C(=O)OCCC(F)(F)CS(=O)(=O)O. The Labute approximate surface area is 105 Å². The number of ether oxygens (including phenoxy) is 1. The van der Waals surface area contributed by atoms with Crippen LogP contribution in [-0.4, -0.2) is 37.2 Å². The molecule has 0 spiro atoms. The zero-order valence-electron chi connectivity index (χ0n) is 10.6. The molecule has 0 unspecified atom stereocenters. The minimum atomic E-state index is -4.76. The summed E-state index contributed by atoms with van der Waals surface area (Å²) in [4.78, 5) is 11.4. The van der Waals surface area contributed by atoms with Gasteiger partial charge in [-0.3, -0.25) is 9.35 Å². The Morgan fingerprint density at radius 3 is 2.22 bits per heavy atom. The van der Waals surface area contributed by atoms with E-state index in [1.54, 1.807) is 20.8 Å². The summed E-state index contributed by atoms with van der Waals surface area (Å²) in [7, 11) is -4.76. The zero-order chi connectivity index (χ0) is 14.6. The summed E-state index contributed by atoms with van der Waals surface area (Å²) in [6, 6.07) is 0. The van der Waals surface area contributed by atoms with Crippen LogP contribution in [0.4, 0.5) is 8.78 Å². The van der Waals surface area contributed by atoms with Gasteiger partial charge in [0.25, 0.3) is 16.0 Å². The summed E-state index contributed by atoms with van der Waals surface area (Å²) in [5, 5.41) is 0. The van der Waals surface area contributed by atoms with Gasteiger partial charge >= 0.3 is 5.97 Å². The van der Waals surface area contributed by atoms with E-state index in [4.69, 9.17) is 4.55 Å². The molecule has 0 aliphatic heterocycles. The number of alkyl halides is 2. The second-order valence-electron chi connectivity index (χ2n) is 4.71. The highest BCUT2D eigenvalue weighted by atomic mass is 32.2. The fourth-order valence-electron chi connectivity index (χ4n) is 0.972. The minimum absolute atomic E-state index is 0.493. The molecule has 0 fully saturated rings. The smallest absolute Gasteiger partial charge is 0.311 e. The third-order valence-electron chi connectivity index (χ3n) is 2.53. The fraction of sp³-hybridized carbons (Fsp3) is 0.900. The number of rotatable bonds is 7. The zero-order valence-corrected chi connectivity index (χ0v) is 11.4. The lowest BCUT2D eigenvalue weighted by atomic mass is 9.91. The molecule has 8 heteroatoms. The van der Waals surface area contributed by atoms with Gasteiger partial charge in [-0.2, -0.15) is 8.42 Å². The molecule has 18 heavy (non-hydrogen) atoms. The van der Waals surface area contributed by atoms with Gasteiger partial charge in [-0.15, -0.1) is 0 Å². The van der Waals surface area contributed by atoms with E-state index in [0.29, 0.717) is 6.42 Å². The van der Waals surface area contributed by atoms with Crippen molar-refractivity contribution in [2.45, 2.75) is 39.5 Å². The third kappa shape index (κ3) is 6.85. The van der Waals surface area contributed by atoms with Crippen molar-refractivity contribution in [2.75, 3.05) is 12.4 Å². The van der Waals surface area contributed by atoms with Crippen LogP contribution in [0.5, 0.6) is 0 Å². The summed E-state index contributed by atoms with van der Waals surface area (Å²) in [5.41, 5.74) is -0.766. The van der Waals surface area contributed by atoms with E-state index in [2.05, 4.69) is 4.74 Å². The summed E-state index contributed by atoms with van der Waals surface area (Å²) in [6.07, 6.45) is -0.453. The van der Waals surface area contributed by atoms with E-state index in [0.717, 1.165) is 0 Å². The van der Waals surface area contributed by atoms with Crippen LogP contribution in [0, 0.1) is 5.41 Å². The Hall–Kier alpha value is -0.760. The van der Waals surface area contributed by atoms with E-state index in [9.17, 15) is 22.0 Å². The average Bonchev–Trinajstić information content (AvgIpc) is 2.13. The van der Waals surface area contributed by atoms with E-state index in [1.165, 1.54) is 0 Å². The Balaban J connectivity index is 4.24. The highest BCUT2D eigenvalue weighted by Crippen LogP contribution is 2.24. The molecule has 0 saturated carbocycles. The van der Waals surface area contributed by atoms with Crippen LogP contribution in [-0.2, 0) is 19.6 Å². The Morgan fingerprint density at radius 2 is 1.83 bits per heavy atom. The number of carbonyl (C=O) groups is 1. The molecule has 0 rings (SSSR count). The van der Waals surface area contributed by atoms with Crippen LogP contribution in [0.1, 0.15) is 33.6 Å². The van der Waals surface area contributed by atoms with Crippen molar-refractivity contribution in [3.8, 4) is 0 Å². The molecule has 0 aliphatic rings. The van der Waals surface area contributed by atoms with Gasteiger partial charge < -0.3 is 4.74 Å². The first kappa shape index (κ1) is 17.2. The summed E-state index contributed by atoms with van der Waals surface area (Å²) in [5.74, 6) is -5.91. The average molecular weight is 288 g/mol. The Morgan fingerprint density at radius 1 is 1.33 bits per heavy atom. The predicted octanol–water partition coefficient (Wildman–Crippen LogP) is 1.88. The number of hydrogen-bond donors (Lipinski definition) is 1. The third-order valence-corrected chi connectivity index (χ3v) is 3.32. The summed E-state index contributed by atoms with van der Waals surface area (Å²) in [6.45, 7) is 4.40. The molecule has 0 aromatic rings. The topological polar surface area (TPSA) is 80.7 Å². The second kappa shape index (κ2) is 5.92. The minimum Gasteiger partial charge on any atom is -0.465 e. The molecular weight excluding hydrogens is 270 g/mol. The lowest BCUT2D eigenvalue weighted by molar-refractivity contribution is -0.155. The van der Waals surface area contributed by atoms with Crippen LogP contribution >= 0.6 is 0 Å². The standard InChI is InChI=1S/C10H18F2O5S/c1-4-9(2,3)8(13)17-6-5-10(11,12)7-18(14,15)16/h4-7H2,1-3H3,(H,14,15,16). The Kier molecular flexibility index (Phi) is 5.67. The molecule has 108 valence electrons. The van der Waals surface area contributed by atoms with E-state index in [1.807, 2.05) is 0 Å². The van der Waals surface area contributed by atoms with Gasteiger partial charge in [-0.05, 0) is 20.3 Å². The van der Waals surface area contributed by atoms with Crippen molar-refractivity contribution < 1.29 is 31.3 Å². The number of carbonyl (C=O) groups excluding carboxylic acids is 1. The second-order valence-corrected chi connectivity index (χ2v) is 6.16. The normalized spacial score (nSPS) is 13.4. The summed E-state index contributed by atoms with van der Waals surface area (Å²) >= 11 is 0. The Bertz CT molecular complexity index is 389. The molecule has 0 heterocycles. The van der Waals surface area contributed by atoms with Crippen LogP contribution < -0.4 is 0 Å². The van der Waals surface area contributed by atoms with Crippen LogP contribution in [0.15, 0.2) is 0 Å². The van der Waals surface area contributed by atoms with Gasteiger partial charge in [0.2, 0.25) is 0 Å². The van der Waals surface area contributed by atoms with Crippen molar-refractivity contribution in [1.82, 2.24) is 0 Å². The van der Waals surface area contributed by atoms with Gasteiger partial charge in [-0.1, -0.05) is 6.92 Å². The van der Waals surface area contributed by atoms with Gasteiger partial charge in [0.15, 0.2) is 0 Å². The van der Waals surface area contributed by atoms with Crippen molar-refractivity contribution in [2.24, 2.45) is 5.41 Å². The van der Waals surface area contributed by atoms with Crippen LogP contribution in [0.25, 0.3) is 0 Å². The first-order valence-electron chi connectivity index (χ1n) is 5.40. The van der Waals surface area contributed by atoms with Crippen molar-refractivity contribution >= 4 is 16.1 Å². The van der Waals surface area contributed by atoms with Crippen molar-refractivity contribution in [3.63, 3.8) is 0 Å². The molecule has 1 N–H and O–H groups in total. The number of halogens is 2. The molecule has 5 nitrogen and oxygen atoms in total. The summed E-state index contributed by atoms with van der Waals surface area (Å²) < 4.78 is 59.6. The molecule has 0 bridgehead atoms. The fourth-order valence-corrected chi connectivity index (χ4v) is 1.65. The predicted molar refractivity (Wildman–Crippen MR) is 61.0 cm³/mol. The van der Waals surface area contributed by atoms with Crippen molar-refractivity contribution in [3.05, 3.63) is 0 Å². The van der Waals surface area contributed by atoms with Gasteiger partial charge in [-0.25, -0.2) is 8.78 Å². The van der Waals surface area contributed by atoms with Gasteiger partial charge in [0.05, 0.1) is 12.0 Å². The molecular formula is C10H18F2O5S. The van der Waals surface area contributed by atoms with Crippen LogP contribution in [0.3, 0.4) is 0 Å². The van der Waals surface area contributed by atoms with Crippen LogP contribution in [0.2, 0.25) is 0 Å². The van der Waals surface area contributed by atoms with E-state index in [-0.39, 0.29) is 0 Å². The van der Waals surface area contributed by atoms with Crippen molar-refractivity contribution in [1.29, 1.82) is 0 Å². The number of hydrogen-bond acceptors (Lipinski definition) is 4. The monoisotopic (exact) mass is 288 g/mol. The maximum absolute atomic E-state index is 13.0. The largest absolute Gasteiger partial charge is 0.465 e. The molecule has 0 aromatic carbocycles. The highest BCUT2D eigenvalue weighted by Gasteiger charge is 2.35. The quantitative estimate of drug-likeness (QED) is 0.571. The first-order valence-corrected chi connectivity index (χ1v) is 7.01. The molecule has 0 aromatic heterocycles. The number of esters is 1. The van der Waals surface area contributed by atoms with Gasteiger partial charge in [0.1, 0.15) is 5.75 Å². The molecule has 0 atom stereocenters. The first-order chi connectivity index (χ1) is 7.90. The lowest BCUT2D eigenvalue weighted by Crippen LogP contribution is -2.31. The van der Waals surface area contributed by atoms with E-state index < -0.39 is 46.2 Å². The lowest BCUT2D eigenvalue weighted by Gasteiger charge is -2.21. The molecule has 0 amide bonds. The maximum atomic E-state index is 13.0. The highest BCUT2D eigenvalue weighted by molar-refractivity contribution is 7.85. The molecule has 0 aliphatic carbocycles. The maximum Gasteiger partial charge on any atom is 0.311 e. The molecule has 0 saturated heterocycles. The molecule has 0 radical (unpaired) electrons. The van der Waals surface area contributed by atoms with Gasteiger partial charge in [0, 0.05) is 6.42 Å².